The smallest absolute Gasteiger partial charge is 0.258 e. The van der Waals surface area contributed by atoms with Crippen LogP contribution in [0, 0.1) is 10.1 Å². The van der Waals surface area contributed by atoms with Gasteiger partial charge in [0.05, 0.1) is 9.82 Å². The molecule has 0 aliphatic carbocycles. The second kappa shape index (κ2) is 6.51. The van der Waals surface area contributed by atoms with Crippen molar-refractivity contribution in [3.05, 3.63) is 33.9 Å². The molecule has 0 bridgehead atoms. The molecule has 1 aromatic carbocycles. The Bertz CT molecular complexity index is 601. The largest absolute Gasteiger partial charge is 0.274 e. The predicted octanol–water partition coefficient (Wildman–Crippen LogP) is 2.62. The van der Waals surface area contributed by atoms with Gasteiger partial charge in [-0.3, -0.25) is 10.1 Å². The van der Waals surface area contributed by atoms with Crippen LogP contribution < -0.4 is 4.72 Å². The zero-order valence-corrected chi connectivity index (χ0v) is 13.0. The lowest BCUT2D eigenvalue weighted by Gasteiger charge is -2.18. The number of halogens is 1. The van der Waals surface area contributed by atoms with E-state index >= 15 is 0 Å². The summed E-state index contributed by atoms with van der Waals surface area (Å²) in [4.78, 5) is 10.5. The minimum atomic E-state index is -3.71. The topological polar surface area (TPSA) is 89.3 Å². The maximum absolute atomic E-state index is 11.7. The Morgan fingerprint density at radius 2 is 2.05 bits per heavy atom. The number of nitrogens with one attached hydrogen (secondary N) is 1. The van der Waals surface area contributed by atoms with Gasteiger partial charge in [0.1, 0.15) is 0 Å². The number of alkyl halides is 1. The van der Waals surface area contributed by atoms with E-state index in [4.69, 9.17) is 11.6 Å². The van der Waals surface area contributed by atoms with Crippen molar-refractivity contribution >= 4 is 27.3 Å². The number of nitrogens with zero attached hydrogens (tertiary/aromatic N) is 1. The maximum atomic E-state index is 11.7. The van der Waals surface area contributed by atoms with E-state index in [1.54, 1.807) is 6.92 Å². The normalized spacial score (nSPS) is 14.8. The molecule has 0 saturated heterocycles. The lowest BCUT2D eigenvalue weighted by atomic mass is 9.92. The van der Waals surface area contributed by atoms with Gasteiger partial charge in [-0.2, -0.15) is 0 Å². The molecule has 0 fully saturated rings. The molecule has 0 spiro atoms. The zero-order chi connectivity index (χ0) is 15.5. The van der Waals surface area contributed by atoms with E-state index in [0.29, 0.717) is 12.0 Å². The van der Waals surface area contributed by atoms with Gasteiger partial charge in [0.15, 0.2) is 0 Å². The average molecular weight is 321 g/mol. The first kappa shape index (κ1) is 16.9. The highest BCUT2D eigenvalue weighted by Gasteiger charge is 2.26. The number of sulfonamides is 1. The summed E-state index contributed by atoms with van der Waals surface area (Å²) < 4.78 is 25.5. The monoisotopic (exact) mass is 320 g/mol. The second-order valence-corrected chi connectivity index (χ2v) is 6.95. The Labute approximate surface area is 123 Å². The Kier molecular flexibility index (Phi) is 5.50. The molecule has 6 nitrogen and oxygen atoms in total. The summed E-state index contributed by atoms with van der Waals surface area (Å²) in [6.07, 6.45) is 0.629. The van der Waals surface area contributed by atoms with Crippen molar-refractivity contribution in [1.29, 1.82) is 0 Å². The van der Waals surface area contributed by atoms with E-state index in [-0.39, 0.29) is 21.9 Å². The Balaban J connectivity index is 3.46. The van der Waals surface area contributed by atoms with Crippen LogP contribution in [-0.2, 0) is 10.0 Å². The fourth-order valence-electron chi connectivity index (χ4n) is 2.07. The zero-order valence-electron chi connectivity index (χ0n) is 11.5. The second-order valence-electron chi connectivity index (χ2n) is 4.38. The molecular weight excluding hydrogens is 304 g/mol. The molecule has 20 heavy (non-hydrogen) atoms. The van der Waals surface area contributed by atoms with Crippen LogP contribution in [0.1, 0.15) is 31.7 Å². The van der Waals surface area contributed by atoms with Crippen molar-refractivity contribution in [3.8, 4) is 0 Å². The van der Waals surface area contributed by atoms with Gasteiger partial charge in [0, 0.05) is 22.9 Å². The van der Waals surface area contributed by atoms with Crippen LogP contribution in [0.25, 0.3) is 0 Å². The van der Waals surface area contributed by atoms with E-state index < -0.39 is 14.9 Å². The van der Waals surface area contributed by atoms with E-state index in [1.807, 2.05) is 6.92 Å². The molecule has 0 aliphatic heterocycles. The van der Waals surface area contributed by atoms with E-state index in [2.05, 4.69) is 4.72 Å². The van der Waals surface area contributed by atoms with E-state index in [1.165, 1.54) is 19.2 Å². The van der Waals surface area contributed by atoms with Crippen molar-refractivity contribution in [3.63, 3.8) is 0 Å². The summed E-state index contributed by atoms with van der Waals surface area (Å²) in [6, 6.07) is 3.90. The lowest BCUT2D eigenvalue weighted by Crippen LogP contribution is -2.19. The van der Waals surface area contributed by atoms with E-state index in [0.717, 1.165) is 6.07 Å². The van der Waals surface area contributed by atoms with Gasteiger partial charge in [-0.05, 0) is 26.5 Å². The summed E-state index contributed by atoms with van der Waals surface area (Å²) in [6.45, 7) is 3.64. The Morgan fingerprint density at radius 3 is 2.45 bits per heavy atom. The first-order valence-corrected chi connectivity index (χ1v) is 8.02. The van der Waals surface area contributed by atoms with Crippen LogP contribution in [0.15, 0.2) is 23.1 Å². The molecule has 2 unspecified atom stereocenters. The Morgan fingerprint density at radius 1 is 1.45 bits per heavy atom. The number of benzene rings is 1. The summed E-state index contributed by atoms with van der Waals surface area (Å²) in [5.41, 5.74) is 0.232. The van der Waals surface area contributed by atoms with Crippen LogP contribution >= 0.6 is 11.6 Å². The summed E-state index contributed by atoms with van der Waals surface area (Å²) in [7, 11) is -2.46. The highest BCUT2D eigenvalue weighted by molar-refractivity contribution is 7.89. The minimum Gasteiger partial charge on any atom is -0.258 e. The third-order valence-electron chi connectivity index (χ3n) is 3.17. The summed E-state index contributed by atoms with van der Waals surface area (Å²) in [5, 5.41) is 10.9. The van der Waals surface area contributed by atoms with Gasteiger partial charge in [-0.15, -0.1) is 11.6 Å². The van der Waals surface area contributed by atoms with Gasteiger partial charge in [-0.25, -0.2) is 13.1 Å². The molecule has 0 amide bonds. The molecule has 1 N–H and O–H groups in total. The van der Waals surface area contributed by atoms with Gasteiger partial charge >= 0.3 is 0 Å². The highest BCUT2D eigenvalue weighted by atomic mass is 35.5. The molecule has 0 saturated carbocycles. The molecule has 0 radical (unpaired) electrons. The number of hydrogen-bond acceptors (Lipinski definition) is 4. The molecule has 2 atom stereocenters. The molecule has 112 valence electrons. The average Bonchev–Trinajstić information content (AvgIpc) is 2.39. The third kappa shape index (κ3) is 3.47. The highest BCUT2D eigenvalue weighted by Crippen LogP contribution is 2.34. The van der Waals surface area contributed by atoms with Gasteiger partial charge < -0.3 is 0 Å². The predicted molar refractivity (Wildman–Crippen MR) is 77.7 cm³/mol. The number of hydrogen-bond donors (Lipinski definition) is 1. The summed E-state index contributed by atoms with van der Waals surface area (Å²) >= 11 is 6.06. The third-order valence-corrected chi connectivity index (χ3v) is 4.89. The molecule has 1 aromatic rings. The molecule has 8 heteroatoms. The first-order valence-electron chi connectivity index (χ1n) is 6.10. The number of nitro groups is 1. The van der Waals surface area contributed by atoms with Crippen LogP contribution in [0.5, 0.6) is 0 Å². The fraction of sp³-hybridized carbons (Fsp3) is 0.500. The van der Waals surface area contributed by atoms with Crippen molar-refractivity contribution in [2.24, 2.45) is 0 Å². The SMILES string of the molecule is CCC(c1ccc(S(=O)(=O)NC)cc1[N+](=O)[O-])C(C)Cl. The standard InChI is InChI=1S/C12H17ClN2O4S/c1-4-10(8(2)13)11-6-5-9(20(18,19)14-3)7-12(11)15(16)17/h5-8,10,14H,4H2,1-3H3. The van der Waals surface area contributed by atoms with Crippen molar-refractivity contribution in [1.82, 2.24) is 4.72 Å². The number of rotatable bonds is 6. The van der Waals surface area contributed by atoms with Crippen molar-refractivity contribution in [2.75, 3.05) is 7.05 Å². The summed E-state index contributed by atoms with van der Waals surface area (Å²) in [5.74, 6) is -0.205. The van der Waals surface area contributed by atoms with E-state index in [9.17, 15) is 18.5 Å². The minimum absolute atomic E-state index is 0.132. The van der Waals surface area contributed by atoms with Crippen LogP contribution in [0.4, 0.5) is 5.69 Å². The quantitative estimate of drug-likeness (QED) is 0.495. The molecule has 0 aliphatic rings. The molecule has 0 heterocycles. The van der Waals surface area contributed by atoms with Crippen molar-refractivity contribution in [2.45, 2.75) is 36.5 Å². The van der Waals surface area contributed by atoms with Gasteiger partial charge in [0.25, 0.3) is 5.69 Å². The van der Waals surface area contributed by atoms with Crippen molar-refractivity contribution < 1.29 is 13.3 Å². The first-order chi connectivity index (χ1) is 9.24. The fourth-order valence-corrected chi connectivity index (χ4v) is 3.14. The maximum Gasteiger partial charge on any atom is 0.274 e. The van der Waals surface area contributed by atoms with Crippen LogP contribution in [-0.4, -0.2) is 25.8 Å². The molecule has 1 rings (SSSR count). The lowest BCUT2D eigenvalue weighted by molar-refractivity contribution is -0.386. The van der Waals surface area contributed by atoms with Gasteiger partial charge in [-0.1, -0.05) is 13.0 Å². The Hall–Kier alpha value is -1.18. The van der Waals surface area contributed by atoms with Crippen LogP contribution in [0.2, 0.25) is 0 Å². The van der Waals surface area contributed by atoms with Crippen LogP contribution in [0.3, 0.4) is 0 Å². The number of nitro benzene ring substituents is 1. The van der Waals surface area contributed by atoms with Gasteiger partial charge in [0.2, 0.25) is 10.0 Å². The molecular formula is C12H17ClN2O4S. The molecule has 0 aromatic heterocycles.